The second-order valence-electron chi connectivity index (χ2n) is 6.24. The van der Waals surface area contributed by atoms with E-state index < -0.39 is 0 Å². The lowest BCUT2D eigenvalue weighted by atomic mass is 9.98. The molecule has 6 heteroatoms. The van der Waals surface area contributed by atoms with Gasteiger partial charge in [-0.05, 0) is 43.9 Å². The van der Waals surface area contributed by atoms with E-state index in [1.165, 1.54) is 12.1 Å². The number of piperidine rings is 1. The van der Waals surface area contributed by atoms with E-state index in [9.17, 15) is 14.3 Å². The third-order valence-corrected chi connectivity index (χ3v) is 4.41. The Labute approximate surface area is 140 Å². The van der Waals surface area contributed by atoms with E-state index >= 15 is 0 Å². The van der Waals surface area contributed by atoms with Gasteiger partial charge in [-0.25, -0.2) is 9.37 Å². The van der Waals surface area contributed by atoms with Crippen LogP contribution in [0.1, 0.15) is 24.3 Å². The summed E-state index contributed by atoms with van der Waals surface area (Å²) < 4.78 is 18.9. The van der Waals surface area contributed by atoms with Crippen molar-refractivity contribution in [3.05, 3.63) is 41.5 Å². The van der Waals surface area contributed by atoms with Crippen molar-refractivity contribution in [1.29, 1.82) is 0 Å². The summed E-state index contributed by atoms with van der Waals surface area (Å²) in [5, 5.41) is 9.28. The summed E-state index contributed by atoms with van der Waals surface area (Å²) in [5.41, 5.74) is 1.13. The van der Waals surface area contributed by atoms with E-state index in [2.05, 4.69) is 4.98 Å². The van der Waals surface area contributed by atoms with Gasteiger partial charge < -0.3 is 14.4 Å². The summed E-state index contributed by atoms with van der Waals surface area (Å²) >= 11 is 0. The smallest absolute Gasteiger partial charge is 0.228 e. The number of oxazole rings is 1. The van der Waals surface area contributed by atoms with Gasteiger partial charge in [0, 0.05) is 25.3 Å². The van der Waals surface area contributed by atoms with Crippen molar-refractivity contribution >= 4 is 5.91 Å². The van der Waals surface area contributed by atoms with Crippen molar-refractivity contribution in [1.82, 2.24) is 9.88 Å². The van der Waals surface area contributed by atoms with Crippen LogP contribution in [-0.2, 0) is 11.2 Å². The Kier molecular flexibility index (Phi) is 4.94. The summed E-state index contributed by atoms with van der Waals surface area (Å²) in [6.07, 6.45) is 2.01. The number of benzene rings is 1. The maximum absolute atomic E-state index is 13.3. The molecule has 2 heterocycles. The van der Waals surface area contributed by atoms with Gasteiger partial charge in [0.15, 0.2) is 0 Å². The standard InChI is InChI=1S/C18H21FN2O3/c1-12-16(9-17(23)21-7-3-4-13(10-21)11-22)20-18(24-12)14-5-2-6-15(19)8-14/h2,5-6,8,13,22H,3-4,7,9-11H2,1H3. The van der Waals surface area contributed by atoms with Crippen molar-refractivity contribution in [2.75, 3.05) is 19.7 Å². The molecule has 1 amide bonds. The lowest BCUT2D eigenvalue weighted by molar-refractivity contribution is -0.132. The van der Waals surface area contributed by atoms with Crippen LogP contribution in [0.4, 0.5) is 4.39 Å². The Balaban J connectivity index is 1.72. The van der Waals surface area contributed by atoms with Crippen molar-refractivity contribution in [3.63, 3.8) is 0 Å². The number of halogens is 1. The average molecular weight is 332 g/mol. The Morgan fingerprint density at radius 2 is 2.33 bits per heavy atom. The quantitative estimate of drug-likeness (QED) is 0.934. The molecule has 1 aliphatic rings. The molecule has 1 fully saturated rings. The molecule has 3 rings (SSSR count). The minimum Gasteiger partial charge on any atom is -0.441 e. The summed E-state index contributed by atoms with van der Waals surface area (Å²) in [6, 6.07) is 6.03. The normalized spacial score (nSPS) is 18.0. The number of nitrogens with zero attached hydrogens (tertiary/aromatic N) is 2. The number of amides is 1. The fraction of sp³-hybridized carbons (Fsp3) is 0.444. The van der Waals surface area contributed by atoms with E-state index in [4.69, 9.17) is 4.42 Å². The zero-order valence-corrected chi connectivity index (χ0v) is 13.7. The molecule has 1 saturated heterocycles. The molecule has 5 nitrogen and oxygen atoms in total. The number of carbonyl (C=O) groups excluding carboxylic acids is 1. The molecule has 0 bridgehead atoms. The molecule has 0 saturated carbocycles. The van der Waals surface area contributed by atoms with E-state index in [0.717, 1.165) is 12.8 Å². The van der Waals surface area contributed by atoms with E-state index in [-0.39, 0.29) is 30.7 Å². The first-order valence-corrected chi connectivity index (χ1v) is 8.17. The molecular formula is C18H21FN2O3. The lowest BCUT2D eigenvalue weighted by Crippen LogP contribution is -2.41. The van der Waals surface area contributed by atoms with Crippen LogP contribution in [0.25, 0.3) is 11.5 Å². The number of aliphatic hydroxyl groups excluding tert-OH is 1. The fourth-order valence-corrected chi connectivity index (χ4v) is 3.03. The predicted molar refractivity (Wildman–Crippen MR) is 86.7 cm³/mol. The minimum absolute atomic E-state index is 0.0182. The van der Waals surface area contributed by atoms with Gasteiger partial charge in [-0.2, -0.15) is 0 Å². The first-order chi connectivity index (χ1) is 11.6. The van der Waals surface area contributed by atoms with Crippen molar-refractivity contribution in [2.24, 2.45) is 5.92 Å². The minimum atomic E-state index is -0.357. The SMILES string of the molecule is Cc1oc(-c2cccc(F)c2)nc1CC(=O)N1CCCC(CO)C1. The lowest BCUT2D eigenvalue weighted by Gasteiger charge is -2.31. The molecule has 1 aromatic carbocycles. The van der Waals surface area contributed by atoms with Gasteiger partial charge in [0.05, 0.1) is 12.1 Å². The van der Waals surface area contributed by atoms with Gasteiger partial charge in [-0.1, -0.05) is 6.07 Å². The zero-order chi connectivity index (χ0) is 17.1. The summed E-state index contributed by atoms with van der Waals surface area (Å²) in [6.45, 7) is 3.16. The van der Waals surface area contributed by atoms with Gasteiger partial charge in [0.1, 0.15) is 11.6 Å². The number of hydrogen-bond acceptors (Lipinski definition) is 4. The molecule has 2 aromatic rings. The van der Waals surface area contributed by atoms with Crippen LogP contribution in [0.3, 0.4) is 0 Å². The van der Waals surface area contributed by atoms with Gasteiger partial charge in [0.2, 0.25) is 11.8 Å². The number of carbonyl (C=O) groups is 1. The molecule has 1 atom stereocenters. The van der Waals surface area contributed by atoms with Crippen LogP contribution in [0.2, 0.25) is 0 Å². The van der Waals surface area contributed by atoms with Crippen molar-refractivity contribution in [2.45, 2.75) is 26.2 Å². The van der Waals surface area contributed by atoms with Crippen LogP contribution in [0.15, 0.2) is 28.7 Å². The molecule has 0 spiro atoms. The average Bonchev–Trinajstić information content (AvgIpc) is 2.95. The maximum atomic E-state index is 13.3. The van der Waals surface area contributed by atoms with Gasteiger partial charge >= 0.3 is 0 Å². The largest absolute Gasteiger partial charge is 0.441 e. The van der Waals surface area contributed by atoms with E-state index in [1.807, 2.05) is 0 Å². The Bertz CT molecular complexity index is 729. The number of aromatic nitrogens is 1. The summed E-state index contributed by atoms with van der Waals surface area (Å²) in [7, 11) is 0. The highest BCUT2D eigenvalue weighted by Gasteiger charge is 2.24. The van der Waals surface area contributed by atoms with E-state index in [1.54, 1.807) is 24.0 Å². The Morgan fingerprint density at radius 1 is 1.50 bits per heavy atom. The first kappa shape index (κ1) is 16.6. The van der Waals surface area contributed by atoms with Crippen molar-refractivity contribution in [3.8, 4) is 11.5 Å². The highest BCUT2D eigenvalue weighted by Crippen LogP contribution is 2.23. The fourth-order valence-electron chi connectivity index (χ4n) is 3.03. The zero-order valence-electron chi connectivity index (χ0n) is 13.7. The number of aliphatic hydroxyl groups is 1. The van der Waals surface area contributed by atoms with Gasteiger partial charge in [0.25, 0.3) is 0 Å². The molecule has 0 radical (unpaired) electrons. The van der Waals surface area contributed by atoms with Crippen molar-refractivity contribution < 1.29 is 18.7 Å². The molecule has 128 valence electrons. The van der Waals surface area contributed by atoms with Crippen LogP contribution < -0.4 is 0 Å². The summed E-state index contributed by atoms with van der Waals surface area (Å²) in [4.78, 5) is 18.6. The second-order valence-corrected chi connectivity index (χ2v) is 6.24. The Morgan fingerprint density at radius 3 is 3.08 bits per heavy atom. The number of aryl methyl sites for hydroxylation is 1. The number of likely N-dealkylation sites (tertiary alicyclic amines) is 1. The van der Waals surface area contributed by atoms with Gasteiger partial charge in [-0.3, -0.25) is 4.79 Å². The molecule has 1 unspecified atom stereocenters. The first-order valence-electron chi connectivity index (χ1n) is 8.17. The highest BCUT2D eigenvalue weighted by atomic mass is 19.1. The third kappa shape index (κ3) is 3.64. The van der Waals surface area contributed by atoms with Gasteiger partial charge in [-0.15, -0.1) is 0 Å². The molecule has 1 aliphatic heterocycles. The maximum Gasteiger partial charge on any atom is 0.228 e. The molecule has 0 aliphatic carbocycles. The molecule has 1 aromatic heterocycles. The van der Waals surface area contributed by atoms with Crippen LogP contribution in [0.5, 0.6) is 0 Å². The van der Waals surface area contributed by atoms with Crippen LogP contribution in [0, 0.1) is 18.7 Å². The second kappa shape index (κ2) is 7.13. The predicted octanol–water partition coefficient (Wildman–Crippen LogP) is 2.56. The topological polar surface area (TPSA) is 66.6 Å². The molecular weight excluding hydrogens is 311 g/mol. The highest BCUT2D eigenvalue weighted by molar-refractivity contribution is 5.78. The van der Waals surface area contributed by atoms with E-state index in [0.29, 0.717) is 36.0 Å². The summed E-state index contributed by atoms with van der Waals surface area (Å²) in [5.74, 6) is 0.670. The van der Waals surface area contributed by atoms with Crippen LogP contribution >= 0.6 is 0 Å². The Hall–Kier alpha value is -2.21. The third-order valence-electron chi connectivity index (χ3n) is 4.41. The molecule has 24 heavy (non-hydrogen) atoms. The number of hydrogen-bond donors (Lipinski definition) is 1. The monoisotopic (exact) mass is 332 g/mol. The molecule has 1 N–H and O–H groups in total. The van der Waals surface area contributed by atoms with Crippen LogP contribution in [-0.4, -0.2) is 40.6 Å². The number of rotatable bonds is 4.